The van der Waals surface area contributed by atoms with Crippen LogP contribution in [-0.4, -0.2) is 15.0 Å². The number of aromatic hydroxyl groups is 1. The molecule has 2 aromatic rings. The number of aromatic nitrogens is 1. The van der Waals surface area contributed by atoms with Crippen LogP contribution >= 0.6 is 15.9 Å². The lowest BCUT2D eigenvalue weighted by atomic mass is 10.2. The van der Waals surface area contributed by atoms with Gasteiger partial charge in [-0.25, -0.2) is 0 Å². The van der Waals surface area contributed by atoms with Gasteiger partial charge in [0.05, 0.1) is 23.4 Å². The average molecular weight is 324 g/mol. The number of rotatable bonds is 4. The van der Waals surface area contributed by atoms with Crippen molar-refractivity contribution in [3.63, 3.8) is 0 Å². The van der Waals surface area contributed by atoms with Crippen LogP contribution in [0.15, 0.2) is 41.0 Å². The van der Waals surface area contributed by atoms with Crippen molar-refractivity contribution in [3.05, 3.63) is 56.8 Å². The molecular weight excluding hydrogens is 314 g/mol. The van der Waals surface area contributed by atoms with E-state index in [9.17, 15) is 10.1 Å². The molecule has 0 saturated heterocycles. The number of nitro groups is 1. The highest BCUT2D eigenvalue weighted by Gasteiger charge is 2.08. The number of hydrogen-bond donors (Lipinski definition) is 2. The SMILES string of the molecule is O=[N+]([O-])c1ccc(NCc2ccc(O)cn2)c(Br)c1. The minimum absolute atomic E-state index is 0.0279. The highest BCUT2D eigenvalue weighted by atomic mass is 79.9. The second-order valence-corrected chi connectivity index (χ2v) is 4.64. The Morgan fingerprint density at radius 2 is 2.16 bits per heavy atom. The van der Waals surface area contributed by atoms with E-state index < -0.39 is 4.92 Å². The van der Waals surface area contributed by atoms with E-state index in [1.54, 1.807) is 18.2 Å². The molecule has 0 saturated carbocycles. The van der Waals surface area contributed by atoms with Crippen molar-refractivity contribution in [1.29, 1.82) is 0 Å². The number of pyridine rings is 1. The van der Waals surface area contributed by atoms with Gasteiger partial charge in [-0.05, 0) is 34.1 Å². The predicted molar refractivity (Wildman–Crippen MR) is 74.0 cm³/mol. The van der Waals surface area contributed by atoms with Gasteiger partial charge in [-0.15, -0.1) is 0 Å². The number of halogens is 1. The number of nitro benzene ring substituents is 1. The van der Waals surface area contributed by atoms with Crippen LogP contribution in [0.2, 0.25) is 0 Å². The molecule has 0 spiro atoms. The van der Waals surface area contributed by atoms with E-state index >= 15 is 0 Å². The summed E-state index contributed by atoms with van der Waals surface area (Å²) in [7, 11) is 0. The zero-order chi connectivity index (χ0) is 13.8. The van der Waals surface area contributed by atoms with Crippen molar-refractivity contribution in [1.82, 2.24) is 4.98 Å². The van der Waals surface area contributed by atoms with Crippen LogP contribution in [-0.2, 0) is 6.54 Å². The Kier molecular flexibility index (Phi) is 3.96. The molecule has 0 aliphatic heterocycles. The zero-order valence-corrected chi connectivity index (χ0v) is 11.3. The Morgan fingerprint density at radius 3 is 2.74 bits per heavy atom. The molecule has 0 amide bonds. The Balaban J connectivity index is 2.07. The standard InChI is InChI=1S/C12H10BrN3O3/c13-11-5-9(16(18)19)2-4-12(11)15-6-8-1-3-10(17)7-14-8/h1-5,7,15,17H,6H2. The van der Waals surface area contributed by atoms with Gasteiger partial charge in [0.15, 0.2) is 0 Å². The summed E-state index contributed by atoms with van der Waals surface area (Å²) in [6, 6.07) is 7.74. The number of nitrogens with one attached hydrogen (secondary N) is 1. The summed E-state index contributed by atoms with van der Waals surface area (Å²) in [5, 5.41) is 22.8. The molecule has 0 atom stereocenters. The fourth-order valence-electron chi connectivity index (χ4n) is 1.47. The lowest BCUT2D eigenvalue weighted by Crippen LogP contribution is -2.02. The maximum atomic E-state index is 10.6. The van der Waals surface area contributed by atoms with Gasteiger partial charge in [-0.2, -0.15) is 0 Å². The topological polar surface area (TPSA) is 88.3 Å². The third-order valence-corrected chi connectivity index (χ3v) is 3.09. The lowest BCUT2D eigenvalue weighted by Gasteiger charge is -2.08. The number of nitrogens with zero attached hydrogens (tertiary/aromatic N) is 2. The quantitative estimate of drug-likeness (QED) is 0.666. The van der Waals surface area contributed by atoms with Crippen LogP contribution in [0.4, 0.5) is 11.4 Å². The van der Waals surface area contributed by atoms with Crippen molar-refractivity contribution in [2.24, 2.45) is 0 Å². The fraction of sp³-hybridized carbons (Fsp3) is 0.0833. The van der Waals surface area contributed by atoms with Crippen LogP contribution in [0, 0.1) is 10.1 Å². The van der Waals surface area contributed by atoms with Crippen LogP contribution < -0.4 is 5.32 Å². The monoisotopic (exact) mass is 323 g/mol. The van der Waals surface area contributed by atoms with Gasteiger partial charge in [0.1, 0.15) is 5.75 Å². The van der Waals surface area contributed by atoms with Gasteiger partial charge in [0.25, 0.3) is 5.69 Å². The van der Waals surface area contributed by atoms with E-state index in [2.05, 4.69) is 26.2 Å². The van der Waals surface area contributed by atoms with Crippen LogP contribution in [0.1, 0.15) is 5.69 Å². The van der Waals surface area contributed by atoms with Gasteiger partial charge < -0.3 is 10.4 Å². The number of non-ortho nitro benzene ring substituents is 1. The maximum Gasteiger partial charge on any atom is 0.270 e. The summed E-state index contributed by atoms with van der Waals surface area (Å²) < 4.78 is 0.612. The van der Waals surface area contributed by atoms with Crippen molar-refractivity contribution >= 4 is 27.3 Å². The van der Waals surface area contributed by atoms with E-state index in [0.29, 0.717) is 11.0 Å². The van der Waals surface area contributed by atoms with Crippen molar-refractivity contribution in [3.8, 4) is 5.75 Å². The van der Waals surface area contributed by atoms with E-state index in [1.165, 1.54) is 18.3 Å². The second-order valence-electron chi connectivity index (χ2n) is 3.78. The molecule has 0 unspecified atom stereocenters. The number of benzene rings is 1. The molecule has 0 aliphatic carbocycles. The normalized spacial score (nSPS) is 10.2. The average Bonchev–Trinajstić information content (AvgIpc) is 2.39. The van der Waals surface area contributed by atoms with E-state index in [-0.39, 0.29) is 11.4 Å². The number of anilines is 1. The molecule has 6 nitrogen and oxygen atoms in total. The molecule has 98 valence electrons. The van der Waals surface area contributed by atoms with E-state index in [4.69, 9.17) is 5.11 Å². The van der Waals surface area contributed by atoms with Crippen molar-refractivity contribution in [2.75, 3.05) is 5.32 Å². The molecule has 1 aromatic carbocycles. The molecule has 1 aromatic heterocycles. The lowest BCUT2D eigenvalue weighted by molar-refractivity contribution is -0.384. The summed E-state index contributed by atoms with van der Waals surface area (Å²) in [5.41, 5.74) is 1.52. The summed E-state index contributed by atoms with van der Waals surface area (Å²) >= 11 is 3.27. The largest absolute Gasteiger partial charge is 0.506 e. The molecule has 0 radical (unpaired) electrons. The fourth-order valence-corrected chi connectivity index (χ4v) is 1.97. The van der Waals surface area contributed by atoms with Gasteiger partial charge in [0.2, 0.25) is 0 Å². The molecular formula is C12H10BrN3O3. The third kappa shape index (κ3) is 3.41. The van der Waals surface area contributed by atoms with E-state index in [1.807, 2.05) is 0 Å². The Bertz CT molecular complexity index is 602. The van der Waals surface area contributed by atoms with Crippen LogP contribution in [0.25, 0.3) is 0 Å². The first-order chi connectivity index (χ1) is 9.06. The highest BCUT2D eigenvalue weighted by molar-refractivity contribution is 9.10. The van der Waals surface area contributed by atoms with Gasteiger partial charge in [0, 0.05) is 22.3 Å². The molecule has 2 rings (SSSR count). The van der Waals surface area contributed by atoms with Crippen molar-refractivity contribution < 1.29 is 10.0 Å². The Labute approximate surface area is 117 Å². The molecule has 0 fully saturated rings. The summed E-state index contributed by atoms with van der Waals surface area (Å²) in [6.45, 7) is 0.455. The minimum Gasteiger partial charge on any atom is -0.506 e. The zero-order valence-electron chi connectivity index (χ0n) is 9.71. The molecule has 7 heteroatoms. The van der Waals surface area contributed by atoms with Crippen molar-refractivity contribution in [2.45, 2.75) is 6.54 Å². The molecule has 0 bridgehead atoms. The van der Waals surface area contributed by atoms with Crippen LogP contribution in [0.3, 0.4) is 0 Å². The molecule has 19 heavy (non-hydrogen) atoms. The maximum absolute atomic E-state index is 10.6. The summed E-state index contributed by atoms with van der Waals surface area (Å²) in [6.07, 6.45) is 1.36. The molecule has 2 N–H and O–H groups in total. The first-order valence-electron chi connectivity index (χ1n) is 5.38. The first kappa shape index (κ1) is 13.3. The van der Waals surface area contributed by atoms with Gasteiger partial charge in [-0.3, -0.25) is 15.1 Å². The van der Waals surface area contributed by atoms with E-state index in [0.717, 1.165) is 11.4 Å². The Hall–Kier alpha value is -2.15. The molecule has 0 aliphatic rings. The Morgan fingerprint density at radius 1 is 1.37 bits per heavy atom. The first-order valence-corrected chi connectivity index (χ1v) is 6.17. The highest BCUT2D eigenvalue weighted by Crippen LogP contribution is 2.27. The molecule has 1 heterocycles. The van der Waals surface area contributed by atoms with Gasteiger partial charge >= 0.3 is 0 Å². The predicted octanol–water partition coefficient (Wildman–Crippen LogP) is 3.07. The third-order valence-electron chi connectivity index (χ3n) is 2.43. The van der Waals surface area contributed by atoms with Crippen LogP contribution in [0.5, 0.6) is 5.75 Å². The second kappa shape index (κ2) is 5.66. The van der Waals surface area contributed by atoms with Gasteiger partial charge in [-0.1, -0.05) is 0 Å². The minimum atomic E-state index is -0.448. The number of hydrogen-bond acceptors (Lipinski definition) is 5. The summed E-state index contributed by atoms with van der Waals surface area (Å²) in [5.74, 6) is 0.111. The smallest absolute Gasteiger partial charge is 0.270 e. The summed E-state index contributed by atoms with van der Waals surface area (Å²) in [4.78, 5) is 14.2.